The number of fused-ring (bicyclic) bond motifs is 3. The van der Waals surface area contributed by atoms with E-state index in [1.54, 1.807) is 24.2 Å². The van der Waals surface area contributed by atoms with Gasteiger partial charge in [0.05, 0.1) is 0 Å². The molecule has 0 aliphatic heterocycles. The predicted molar refractivity (Wildman–Crippen MR) is 172 cm³/mol. The summed E-state index contributed by atoms with van der Waals surface area (Å²) in [6, 6.07) is 55.7. The van der Waals surface area contributed by atoms with Gasteiger partial charge < -0.3 is 24.8 Å². The predicted octanol–water partition coefficient (Wildman–Crippen LogP) is 4.87. The number of hydrogen-bond donors (Lipinski definition) is 0. The van der Waals surface area contributed by atoms with Crippen LogP contribution >= 0.6 is 0 Å². The van der Waals surface area contributed by atoms with Gasteiger partial charge in [-0.15, -0.1) is 45.8 Å². The molecule has 0 atom stereocenters. The van der Waals surface area contributed by atoms with Crippen LogP contribution in [0, 0.1) is 0 Å². The summed E-state index contributed by atoms with van der Waals surface area (Å²) in [5.41, 5.74) is 7.53. The van der Waals surface area contributed by atoms with Crippen LogP contribution in [0.1, 0.15) is 13.8 Å². The average Bonchev–Trinajstić information content (AvgIpc) is 3.67. The van der Waals surface area contributed by atoms with Crippen LogP contribution in [0.2, 0.25) is 0 Å². The Morgan fingerprint density at radius 2 is 0.881 bits per heavy atom. The molecule has 7 rings (SSSR count). The van der Waals surface area contributed by atoms with Gasteiger partial charge in [0.1, 0.15) is 0 Å². The minimum absolute atomic E-state index is 0. The standard InChI is InChI=1S/C23H17.C13H9.C3H6.2ClH.Zr/c1-3-9-18(10-4-1)21-15-22(19-11-5-2-6-12-19)17-23(16-21)20-13-7-8-14-20;1-3-7-12-10(5-1)9-11-6-2-4-8-13(11)12;1-3-2;;;/h1-17H;1-9H;1-2H3;2*1H;/q2*-1;;;;+2/p-2. The zero-order valence-corrected chi connectivity index (χ0v) is 27.7. The van der Waals surface area contributed by atoms with Crippen LogP contribution in [0.25, 0.3) is 54.9 Å². The van der Waals surface area contributed by atoms with Crippen molar-refractivity contribution in [2.45, 2.75) is 13.8 Å². The van der Waals surface area contributed by atoms with Gasteiger partial charge in [-0.1, -0.05) is 115 Å². The molecule has 0 heterocycles. The SMILES string of the molecule is C[C](C)=[Zr+2].[Cl-].[Cl-].c1ccc(-c2cc(-c3ccccc3)cc(-c3ccc[cH-]3)c2)cc1.c1ccc2c(c1)[cH-]c1ccccc12. The van der Waals surface area contributed by atoms with Crippen molar-refractivity contribution in [2.75, 3.05) is 0 Å². The molecule has 0 saturated heterocycles. The van der Waals surface area contributed by atoms with Crippen LogP contribution in [0.3, 0.4) is 0 Å². The van der Waals surface area contributed by atoms with Crippen molar-refractivity contribution in [2.24, 2.45) is 0 Å². The first kappa shape index (κ1) is 33.2. The second-order valence-electron chi connectivity index (χ2n) is 10.0. The molecule has 0 N–H and O–H groups in total. The number of rotatable bonds is 3. The monoisotopic (exact) mass is 660 g/mol. The Morgan fingerprint density at radius 3 is 1.31 bits per heavy atom. The molecular formula is C39H32Cl2Zr-2. The third-order valence-corrected chi connectivity index (χ3v) is 6.67. The van der Waals surface area contributed by atoms with E-state index in [0.717, 1.165) is 0 Å². The molecule has 0 aliphatic rings. The van der Waals surface area contributed by atoms with Crippen molar-refractivity contribution >= 4 is 24.8 Å². The molecule has 208 valence electrons. The normalized spacial score (nSPS) is 9.90. The Balaban J connectivity index is 0.000000216. The summed E-state index contributed by atoms with van der Waals surface area (Å²) in [5.74, 6) is 0. The molecule has 0 unspecified atom stereocenters. The molecule has 0 aromatic heterocycles. The quantitative estimate of drug-likeness (QED) is 0.237. The van der Waals surface area contributed by atoms with E-state index >= 15 is 0 Å². The van der Waals surface area contributed by atoms with E-state index in [4.69, 9.17) is 0 Å². The summed E-state index contributed by atoms with van der Waals surface area (Å²) >= 11 is 1.55. The van der Waals surface area contributed by atoms with Gasteiger partial charge in [0.2, 0.25) is 0 Å². The molecule has 42 heavy (non-hydrogen) atoms. The fraction of sp³-hybridized carbons (Fsp3) is 0.0513. The zero-order valence-electron chi connectivity index (χ0n) is 23.8. The van der Waals surface area contributed by atoms with Crippen molar-refractivity contribution in [1.82, 2.24) is 0 Å². The van der Waals surface area contributed by atoms with Crippen LogP contribution in [0.15, 0.2) is 158 Å². The Morgan fingerprint density at radius 1 is 0.476 bits per heavy atom. The third kappa shape index (κ3) is 8.59. The van der Waals surface area contributed by atoms with Crippen LogP contribution < -0.4 is 24.8 Å². The Hall–Kier alpha value is -3.35. The first-order chi connectivity index (χ1) is 19.6. The first-order valence-electron chi connectivity index (χ1n) is 13.6. The Kier molecular flexibility index (Phi) is 12.9. The van der Waals surface area contributed by atoms with E-state index in [1.807, 2.05) is 0 Å². The van der Waals surface area contributed by atoms with Crippen molar-refractivity contribution < 1.29 is 49.0 Å². The van der Waals surface area contributed by atoms with Gasteiger partial charge in [-0.05, 0) is 28.3 Å². The largest absolute Gasteiger partial charge is 1.00 e. The van der Waals surface area contributed by atoms with E-state index in [9.17, 15) is 0 Å². The van der Waals surface area contributed by atoms with Crippen molar-refractivity contribution in [3.8, 4) is 33.4 Å². The summed E-state index contributed by atoms with van der Waals surface area (Å²) < 4.78 is 1.51. The third-order valence-electron chi connectivity index (χ3n) is 6.67. The van der Waals surface area contributed by atoms with Crippen LogP contribution in [0.5, 0.6) is 0 Å². The molecular weight excluding hydrogens is 631 g/mol. The zero-order chi connectivity index (χ0) is 27.7. The Bertz CT molecular complexity index is 1700. The summed E-state index contributed by atoms with van der Waals surface area (Å²) in [5, 5.41) is 5.39. The van der Waals surface area contributed by atoms with Crippen LogP contribution in [-0.2, 0) is 24.2 Å². The number of hydrogen-bond acceptors (Lipinski definition) is 0. The van der Waals surface area contributed by atoms with Gasteiger partial charge >= 0.3 is 41.3 Å². The van der Waals surface area contributed by atoms with Gasteiger partial charge in [-0.2, -0.15) is 23.8 Å². The molecule has 7 aromatic carbocycles. The fourth-order valence-corrected chi connectivity index (χ4v) is 4.86. The maximum atomic E-state index is 2.27. The van der Waals surface area contributed by atoms with Gasteiger partial charge in [0.15, 0.2) is 0 Å². The van der Waals surface area contributed by atoms with Gasteiger partial charge in [0, 0.05) is 0 Å². The maximum Gasteiger partial charge on any atom is -0.0192 e. The molecule has 0 saturated carbocycles. The summed E-state index contributed by atoms with van der Waals surface area (Å²) in [6.45, 7) is 4.25. The Labute approximate surface area is 276 Å². The second-order valence-corrected chi connectivity index (χ2v) is 12.5. The molecule has 0 radical (unpaired) electrons. The van der Waals surface area contributed by atoms with E-state index in [2.05, 4.69) is 172 Å². The molecule has 3 heteroatoms. The molecule has 7 aromatic rings. The number of benzene rings is 5. The molecule has 0 nitrogen and oxygen atoms in total. The minimum Gasteiger partial charge on any atom is -1.00 e. The van der Waals surface area contributed by atoms with Gasteiger partial charge in [0.25, 0.3) is 0 Å². The van der Waals surface area contributed by atoms with Gasteiger partial charge in [-0.25, -0.2) is 0 Å². The number of halogens is 2. The van der Waals surface area contributed by atoms with Crippen molar-refractivity contribution in [1.29, 1.82) is 0 Å². The van der Waals surface area contributed by atoms with E-state index < -0.39 is 0 Å². The van der Waals surface area contributed by atoms with E-state index in [-0.39, 0.29) is 24.8 Å². The molecule has 0 aliphatic carbocycles. The summed E-state index contributed by atoms with van der Waals surface area (Å²) in [6.07, 6.45) is 0. The molecule has 0 bridgehead atoms. The topological polar surface area (TPSA) is 0 Å². The van der Waals surface area contributed by atoms with E-state index in [1.165, 1.54) is 58.1 Å². The maximum absolute atomic E-state index is 2.27. The van der Waals surface area contributed by atoms with E-state index in [0.29, 0.717) is 0 Å². The molecule has 0 spiro atoms. The minimum atomic E-state index is 0. The van der Waals surface area contributed by atoms with Crippen molar-refractivity contribution in [3.63, 3.8) is 0 Å². The smallest absolute Gasteiger partial charge is 0.0192 e. The second kappa shape index (κ2) is 16.3. The average molecular weight is 663 g/mol. The summed E-state index contributed by atoms with van der Waals surface area (Å²) in [7, 11) is 0. The van der Waals surface area contributed by atoms with Gasteiger partial charge in [-0.3, -0.25) is 0 Å². The molecule has 0 amide bonds. The fourth-order valence-electron chi connectivity index (χ4n) is 4.86. The molecule has 0 fully saturated rings. The van der Waals surface area contributed by atoms with Crippen LogP contribution in [0.4, 0.5) is 0 Å². The van der Waals surface area contributed by atoms with Crippen LogP contribution in [-0.4, -0.2) is 3.21 Å². The summed E-state index contributed by atoms with van der Waals surface area (Å²) in [4.78, 5) is 0. The first-order valence-corrected chi connectivity index (χ1v) is 14.8. The van der Waals surface area contributed by atoms with Crippen molar-refractivity contribution in [3.05, 3.63) is 158 Å².